The summed E-state index contributed by atoms with van der Waals surface area (Å²) in [6.07, 6.45) is 0.372. The van der Waals surface area contributed by atoms with Gasteiger partial charge in [0.2, 0.25) is 11.8 Å². The Bertz CT molecular complexity index is 527. The second kappa shape index (κ2) is 7.91. The Morgan fingerprint density at radius 2 is 2.18 bits per heavy atom. The van der Waals surface area contributed by atoms with E-state index in [0.29, 0.717) is 26.2 Å². The minimum Gasteiger partial charge on any atom is -0.378 e. The second-order valence-electron chi connectivity index (χ2n) is 5.51. The van der Waals surface area contributed by atoms with Crippen LogP contribution in [0, 0.1) is 0 Å². The van der Waals surface area contributed by atoms with Crippen LogP contribution in [0.15, 0.2) is 24.3 Å². The molecule has 0 bridgehead atoms. The van der Waals surface area contributed by atoms with Crippen molar-refractivity contribution in [2.24, 2.45) is 0 Å². The largest absolute Gasteiger partial charge is 0.378 e. The van der Waals surface area contributed by atoms with Crippen molar-refractivity contribution in [2.45, 2.75) is 25.9 Å². The summed E-state index contributed by atoms with van der Waals surface area (Å²) in [5, 5.41) is 6.19. The fraction of sp³-hybridized carbons (Fsp3) is 0.500. The van der Waals surface area contributed by atoms with Crippen molar-refractivity contribution in [1.29, 1.82) is 0 Å². The molecule has 1 aliphatic heterocycles. The zero-order chi connectivity index (χ0) is 15.9. The number of carbonyl (C=O) groups excluding carboxylic acids is 2. The highest BCUT2D eigenvalue weighted by molar-refractivity contribution is 5.92. The summed E-state index contributed by atoms with van der Waals surface area (Å²) in [5.74, 6) is -0.0642. The van der Waals surface area contributed by atoms with Gasteiger partial charge in [0.1, 0.15) is 0 Å². The third kappa shape index (κ3) is 4.82. The molecule has 2 N–H and O–H groups in total. The molecule has 120 valence electrons. The summed E-state index contributed by atoms with van der Waals surface area (Å²) in [5.41, 5.74) is 1.67. The standard InChI is InChI=1S/C16H23N3O3/c1-12(20)19(2)10-13-5-3-4-6-15(13)18-16(21)9-14-11-22-8-7-17-14/h3-6,14,17H,7-11H2,1-2H3,(H,18,21). The fourth-order valence-electron chi connectivity index (χ4n) is 2.32. The van der Waals surface area contributed by atoms with Crippen molar-refractivity contribution in [3.8, 4) is 0 Å². The molecular weight excluding hydrogens is 282 g/mol. The third-order valence-corrected chi connectivity index (χ3v) is 3.67. The number of hydrogen-bond acceptors (Lipinski definition) is 4. The highest BCUT2D eigenvalue weighted by atomic mass is 16.5. The van der Waals surface area contributed by atoms with Gasteiger partial charge in [0.15, 0.2) is 0 Å². The Hall–Kier alpha value is -1.92. The van der Waals surface area contributed by atoms with Gasteiger partial charge in [-0.1, -0.05) is 18.2 Å². The molecule has 6 heteroatoms. The Morgan fingerprint density at radius 1 is 1.41 bits per heavy atom. The maximum absolute atomic E-state index is 12.2. The van der Waals surface area contributed by atoms with Crippen LogP contribution in [0.25, 0.3) is 0 Å². The number of amides is 2. The number of ether oxygens (including phenoxy) is 1. The molecule has 0 aliphatic carbocycles. The van der Waals surface area contributed by atoms with Gasteiger partial charge in [0, 0.05) is 45.2 Å². The molecule has 1 saturated heterocycles. The topological polar surface area (TPSA) is 70.7 Å². The van der Waals surface area contributed by atoms with E-state index < -0.39 is 0 Å². The summed E-state index contributed by atoms with van der Waals surface area (Å²) in [7, 11) is 1.74. The van der Waals surface area contributed by atoms with E-state index in [1.54, 1.807) is 11.9 Å². The number of carbonyl (C=O) groups is 2. The highest BCUT2D eigenvalue weighted by Gasteiger charge is 2.17. The summed E-state index contributed by atoms with van der Waals surface area (Å²) in [6, 6.07) is 7.59. The number of benzene rings is 1. The Labute approximate surface area is 130 Å². The number of nitrogens with zero attached hydrogens (tertiary/aromatic N) is 1. The first-order chi connectivity index (χ1) is 10.6. The highest BCUT2D eigenvalue weighted by Crippen LogP contribution is 2.17. The van der Waals surface area contributed by atoms with E-state index in [1.807, 2.05) is 24.3 Å². The lowest BCUT2D eigenvalue weighted by atomic mass is 10.1. The average molecular weight is 305 g/mol. The Morgan fingerprint density at radius 3 is 2.86 bits per heavy atom. The quantitative estimate of drug-likeness (QED) is 0.851. The number of rotatable bonds is 5. The summed E-state index contributed by atoms with van der Waals surface area (Å²) < 4.78 is 5.35. The molecule has 0 saturated carbocycles. The molecule has 0 spiro atoms. The van der Waals surface area contributed by atoms with E-state index in [4.69, 9.17) is 4.74 Å². The van der Waals surface area contributed by atoms with Crippen LogP contribution in [0.5, 0.6) is 0 Å². The molecule has 1 aromatic carbocycles. The molecule has 1 atom stereocenters. The summed E-state index contributed by atoms with van der Waals surface area (Å²) in [4.78, 5) is 25.1. The van der Waals surface area contributed by atoms with Gasteiger partial charge in [-0.25, -0.2) is 0 Å². The monoisotopic (exact) mass is 305 g/mol. The van der Waals surface area contributed by atoms with Gasteiger partial charge in [-0.3, -0.25) is 9.59 Å². The first kappa shape index (κ1) is 16.5. The lowest BCUT2D eigenvalue weighted by Gasteiger charge is -2.23. The molecule has 1 fully saturated rings. The first-order valence-corrected chi connectivity index (χ1v) is 7.47. The SMILES string of the molecule is CC(=O)N(C)Cc1ccccc1NC(=O)CC1COCCN1. The minimum absolute atomic E-state index is 0.00955. The molecule has 1 heterocycles. The first-order valence-electron chi connectivity index (χ1n) is 7.47. The molecule has 2 amide bonds. The lowest BCUT2D eigenvalue weighted by molar-refractivity contribution is -0.128. The predicted molar refractivity (Wildman–Crippen MR) is 84.4 cm³/mol. The minimum atomic E-state index is -0.0547. The van der Waals surface area contributed by atoms with E-state index in [-0.39, 0.29) is 17.9 Å². The smallest absolute Gasteiger partial charge is 0.226 e. The number of hydrogen-bond donors (Lipinski definition) is 2. The van der Waals surface area contributed by atoms with Gasteiger partial charge in [0.25, 0.3) is 0 Å². The van der Waals surface area contributed by atoms with Crippen molar-refractivity contribution in [3.63, 3.8) is 0 Å². The van der Waals surface area contributed by atoms with Crippen molar-refractivity contribution in [3.05, 3.63) is 29.8 Å². The van der Waals surface area contributed by atoms with Crippen LogP contribution in [-0.4, -0.2) is 49.6 Å². The zero-order valence-corrected chi connectivity index (χ0v) is 13.1. The van der Waals surface area contributed by atoms with Crippen molar-refractivity contribution >= 4 is 17.5 Å². The summed E-state index contributed by atoms with van der Waals surface area (Å²) in [6.45, 7) is 4.02. The van der Waals surface area contributed by atoms with E-state index in [2.05, 4.69) is 10.6 Å². The van der Waals surface area contributed by atoms with Gasteiger partial charge in [-0.2, -0.15) is 0 Å². The lowest BCUT2D eigenvalue weighted by Crippen LogP contribution is -2.43. The van der Waals surface area contributed by atoms with E-state index >= 15 is 0 Å². The molecule has 2 rings (SSSR count). The fourth-order valence-corrected chi connectivity index (χ4v) is 2.32. The molecule has 1 aliphatic rings. The van der Waals surface area contributed by atoms with E-state index in [0.717, 1.165) is 17.8 Å². The predicted octanol–water partition coefficient (Wildman–Crippen LogP) is 0.982. The van der Waals surface area contributed by atoms with Crippen LogP contribution in [0.4, 0.5) is 5.69 Å². The zero-order valence-electron chi connectivity index (χ0n) is 13.1. The van der Waals surface area contributed by atoms with Gasteiger partial charge in [-0.15, -0.1) is 0 Å². The number of anilines is 1. The molecule has 0 radical (unpaired) electrons. The molecule has 0 aromatic heterocycles. The van der Waals surface area contributed by atoms with Crippen LogP contribution < -0.4 is 10.6 Å². The Kier molecular flexibility index (Phi) is 5.91. The normalized spacial score (nSPS) is 17.8. The van der Waals surface area contributed by atoms with E-state index in [9.17, 15) is 9.59 Å². The third-order valence-electron chi connectivity index (χ3n) is 3.67. The van der Waals surface area contributed by atoms with E-state index in [1.165, 1.54) is 6.92 Å². The van der Waals surface area contributed by atoms with Crippen molar-refractivity contribution < 1.29 is 14.3 Å². The number of para-hydroxylation sites is 1. The molecule has 22 heavy (non-hydrogen) atoms. The number of nitrogens with one attached hydrogen (secondary N) is 2. The number of morpholine rings is 1. The maximum atomic E-state index is 12.2. The van der Waals surface area contributed by atoms with Crippen LogP contribution in [0.2, 0.25) is 0 Å². The molecule has 1 aromatic rings. The maximum Gasteiger partial charge on any atom is 0.226 e. The summed E-state index contributed by atoms with van der Waals surface area (Å²) >= 11 is 0. The van der Waals surface area contributed by atoms with Crippen molar-refractivity contribution in [1.82, 2.24) is 10.2 Å². The van der Waals surface area contributed by atoms with Crippen LogP contribution in [0.1, 0.15) is 18.9 Å². The van der Waals surface area contributed by atoms with Crippen LogP contribution in [0.3, 0.4) is 0 Å². The van der Waals surface area contributed by atoms with Gasteiger partial charge in [0.05, 0.1) is 13.2 Å². The second-order valence-corrected chi connectivity index (χ2v) is 5.51. The van der Waals surface area contributed by atoms with Gasteiger partial charge >= 0.3 is 0 Å². The molecule has 6 nitrogen and oxygen atoms in total. The molecular formula is C16H23N3O3. The van der Waals surface area contributed by atoms with Crippen molar-refractivity contribution in [2.75, 3.05) is 32.1 Å². The van der Waals surface area contributed by atoms with Crippen LogP contribution >= 0.6 is 0 Å². The van der Waals surface area contributed by atoms with Gasteiger partial charge in [-0.05, 0) is 11.6 Å². The Balaban J connectivity index is 1.96. The molecule has 1 unspecified atom stereocenters. The van der Waals surface area contributed by atoms with Crippen LogP contribution in [-0.2, 0) is 20.9 Å². The van der Waals surface area contributed by atoms with Gasteiger partial charge < -0.3 is 20.3 Å². The average Bonchev–Trinajstić information content (AvgIpc) is 2.50.